The van der Waals surface area contributed by atoms with E-state index in [0.717, 1.165) is 18.3 Å². The molecule has 0 aromatic heterocycles. The molecule has 0 radical (unpaired) electrons. The summed E-state index contributed by atoms with van der Waals surface area (Å²) in [5.74, 6) is 1.70. The Bertz CT molecular complexity index is 402. The number of hydrogen-bond donors (Lipinski definition) is 1. The zero-order valence-corrected chi connectivity index (χ0v) is 12.8. The quantitative estimate of drug-likeness (QED) is 0.852. The summed E-state index contributed by atoms with van der Waals surface area (Å²) in [5, 5.41) is 0. The Morgan fingerprint density at radius 3 is 2.47 bits per heavy atom. The minimum atomic E-state index is 0.346. The predicted molar refractivity (Wildman–Crippen MR) is 83.3 cm³/mol. The monoisotopic (exact) mass is 259 g/mol. The molecule has 1 saturated carbocycles. The molecule has 1 atom stereocenters. The van der Waals surface area contributed by atoms with E-state index >= 15 is 0 Å². The normalized spacial score (nSPS) is 25.3. The molecular weight excluding hydrogens is 230 g/mol. The lowest BCUT2D eigenvalue weighted by Gasteiger charge is -2.32. The Kier molecular flexibility index (Phi) is 5.04. The Labute approximate surface area is 118 Å². The number of nitrogens with two attached hydrogens (primary N) is 1. The van der Waals surface area contributed by atoms with Gasteiger partial charge in [-0.05, 0) is 56.1 Å². The molecule has 106 valence electrons. The smallest absolute Gasteiger partial charge is 0.0108 e. The van der Waals surface area contributed by atoms with Gasteiger partial charge in [0.05, 0.1) is 0 Å². The molecule has 0 amide bonds. The molecule has 2 rings (SSSR count). The summed E-state index contributed by atoms with van der Waals surface area (Å²) in [6, 6.07) is 7.08. The molecule has 1 aromatic rings. The Morgan fingerprint density at radius 1 is 1.16 bits per heavy atom. The first-order valence-corrected chi connectivity index (χ1v) is 7.91. The summed E-state index contributed by atoms with van der Waals surface area (Å²) < 4.78 is 0. The molecule has 0 spiro atoms. The molecule has 1 aliphatic rings. The minimum absolute atomic E-state index is 0.346. The van der Waals surface area contributed by atoms with Gasteiger partial charge < -0.3 is 5.73 Å². The predicted octanol–water partition coefficient (Wildman–Crippen LogP) is 4.39. The van der Waals surface area contributed by atoms with Crippen LogP contribution in [-0.2, 0) is 6.42 Å². The molecular formula is C18H29N. The zero-order valence-electron chi connectivity index (χ0n) is 12.8. The van der Waals surface area contributed by atoms with Crippen LogP contribution in [0.5, 0.6) is 0 Å². The number of aryl methyl sites for hydroxylation is 2. The maximum Gasteiger partial charge on any atom is 0.0108 e. The molecule has 1 fully saturated rings. The largest absolute Gasteiger partial charge is 0.327 e. The van der Waals surface area contributed by atoms with Crippen LogP contribution < -0.4 is 5.73 Å². The first kappa shape index (κ1) is 14.6. The van der Waals surface area contributed by atoms with E-state index in [1.54, 1.807) is 0 Å². The van der Waals surface area contributed by atoms with Crippen molar-refractivity contribution in [3.05, 3.63) is 34.9 Å². The second kappa shape index (κ2) is 6.56. The number of benzene rings is 1. The van der Waals surface area contributed by atoms with E-state index in [-0.39, 0.29) is 0 Å². The van der Waals surface area contributed by atoms with E-state index in [4.69, 9.17) is 5.73 Å². The van der Waals surface area contributed by atoms with Gasteiger partial charge in [0.2, 0.25) is 0 Å². The van der Waals surface area contributed by atoms with Gasteiger partial charge >= 0.3 is 0 Å². The second-order valence-corrected chi connectivity index (χ2v) is 6.49. The highest BCUT2D eigenvalue weighted by Crippen LogP contribution is 2.33. The summed E-state index contributed by atoms with van der Waals surface area (Å²) in [6.07, 6.45) is 7.85. The van der Waals surface area contributed by atoms with Gasteiger partial charge in [-0.1, -0.05) is 49.9 Å². The van der Waals surface area contributed by atoms with E-state index in [1.165, 1.54) is 48.8 Å². The van der Waals surface area contributed by atoms with E-state index < -0.39 is 0 Å². The molecule has 2 N–H and O–H groups in total. The van der Waals surface area contributed by atoms with Crippen LogP contribution in [0, 0.1) is 25.7 Å². The SMILES string of the molecule is CCC1CCC(C(N)Cc2cc(C)ccc2C)CC1. The minimum Gasteiger partial charge on any atom is -0.327 e. The van der Waals surface area contributed by atoms with E-state index in [9.17, 15) is 0 Å². The van der Waals surface area contributed by atoms with Crippen LogP contribution in [0.4, 0.5) is 0 Å². The molecule has 1 nitrogen and oxygen atoms in total. The fourth-order valence-corrected chi connectivity index (χ4v) is 3.47. The van der Waals surface area contributed by atoms with Gasteiger partial charge in [-0.2, -0.15) is 0 Å². The number of hydrogen-bond acceptors (Lipinski definition) is 1. The van der Waals surface area contributed by atoms with Gasteiger partial charge in [-0.3, -0.25) is 0 Å². The van der Waals surface area contributed by atoms with Gasteiger partial charge in [0.15, 0.2) is 0 Å². The third-order valence-electron chi connectivity index (χ3n) is 5.03. The average molecular weight is 259 g/mol. The molecule has 0 bridgehead atoms. The standard InChI is InChI=1S/C18H29N/c1-4-15-7-9-16(10-8-15)18(19)12-17-11-13(2)5-6-14(17)3/h5-6,11,15-16,18H,4,7-10,12,19H2,1-3H3. The third kappa shape index (κ3) is 3.82. The molecule has 19 heavy (non-hydrogen) atoms. The van der Waals surface area contributed by atoms with Gasteiger partial charge in [0.1, 0.15) is 0 Å². The maximum absolute atomic E-state index is 6.49. The highest BCUT2D eigenvalue weighted by molar-refractivity contribution is 5.31. The third-order valence-corrected chi connectivity index (χ3v) is 5.03. The van der Waals surface area contributed by atoms with Crippen LogP contribution in [0.3, 0.4) is 0 Å². The van der Waals surface area contributed by atoms with Crippen molar-refractivity contribution in [2.45, 2.75) is 65.3 Å². The summed E-state index contributed by atoms with van der Waals surface area (Å²) >= 11 is 0. The van der Waals surface area contributed by atoms with Gasteiger partial charge in [0, 0.05) is 6.04 Å². The maximum atomic E-state index is 6.49. The van der Waals surface area contributed by atoms with Crippen LogP contribution in [0.15, 0.2) is 18.2 Å². The molecule has 0 heterocycles. The zero-order chi connectivity index (χ0) is 13.8. The van der Waals surface area contributed by atoms with Gasteiger partial charge in [-0.15, -0.1) is 0 Å². The highest BCUT2D eigenvalue weighted by Gasteiger charge is 2.25. The molecule has 0 saturated heterocycles. The first-order chi connectivity index (χ1) is 9.10. The molecule has 1 aromatic carbocycles. The van der Waals surface area contributed by atoms with Crippen LogP contribution in [-0.4, -0.2) is 6.04 Å². The van der Waals surface area contributed by atoms with Crippen molar-refractivity contribution in [2.24, 2.45) is 17.6 Å². The van der Waals surface area contributed by atoms with Crippen molar-refractivity contribution in [1.82, 2.24) is 0 Å². The highest BCUT2D eigenvalue weighted by atomic mass is 14.7. The fourth-order valence-electron chi connectivity index (χ4n) is 3.47. The summed E-state index contributed by atoms with van der Waals surface area (Å²) in [7, 11) is 0. The lowest BCUT2D eigenvalue weighted by molar-refractivity contribution is 0.238. The van der Waals surface area contributed by atoms with Crippen molar-refractivity contribution in [3.8, 4) is 0 Å². The van der Waals surface area contributed by atoms with Crippen LogP contribution in [0.2, 0.25) is 0 Å². The molecule has 1 unspecified atom stereocenters. The van der Waals surface area contributed by atoms with Crippen LogP contribution >= 0.6 is 0 Å². The van der Waals surface area contributed by atoms with Crippen molar-refractivity contribution in [3.63, 3.8) is 0 Å². The van der Waals surface area contributed by atoms with Crippen molar-refractivity contribution < 1.29 is 0 Å². The Hall–Kier alpha value is -0.820. The lowest BCUT2D eigenvalue weighted by atomic mass is 9.76. The lowest BCUT2D eigenvalue weighted by Crippen LogP contribution is -2.35. The molecule has 1 heteroatoms. The second-order valence-electron chi connectivity index (χ2n) is 6.49. The molecule has 1 aliphatic carbocycles. The topological polar surface area (TPSA) is 26.0 Å². The summed E-state index contributed by atoms with van der Waals surface area (Å²) in [4.78, 5) is 0. The van der Waals surface area contributed by atoms with Crippen molar-refractivity contribution in [2.75, 3.05) is 0 Å². The van der Waals surface area contributed by atoms with E-state index in [0.29, 0.717) is 6.04 Å². The van der Waals surface area contributed by atoms with E-state index in [1.807, 2.05) is 0 Å². The van der Waals surface area contributed by atoms with Crippen LogP contribution in [0.1, 0.15) is 55.7 Å². The summed E-state index contributed by atoms with van der Waals surface area (Å²) in [6.45, 7) is 6.69. The first-order valence-electron chi connectivity index (χ1n) is 7.91. The van der Waals surface area contributed by atoms with Gasteiger partial charge in [0.25, 0.3) is 0 Å². The van der Waals surface area contributed by atoms with E-state index in [2.05, 4.69) is 39.0 Å². The van der Waals surface area contributed by atoms with Crippen molar-refractivity contribution >= 4 is 0 Å². The number of rotatable bonds is 4. The van der Waals surface area contributed by atoms with Gasteiger partial charge in [-0.25, -0.2) is 0 Å². The Balaban J connectivity index is 1.94. The van der Waals surface area contributed by atoms with Crippen LogP contribution in [0.25, 0.3) is 0 Å². The average Bonchev–Trinajstić information content (AvgIpc) is 2.43. The fraction of sp³-hybridized carbons (Fsp3) is 0.667. The Morgan fingerprint density at radius 2 is 1.84 bits per heavy atom. The summed E-state index contributed by atoms with van der Waals surface area (Å²) in [5.41, 5.74) is 10.7. The van der Waals surface area contributed by atoms with Crippen molar-refractivity contribution in [1.29, 1.82) is 0 Å². The molecule has 0 aliphatic heterocycles.